The fourth-order valence-electron chi connectivity index (χ4n) is 3.09. The molecule has 1 aromatic rings. The molecular weight excluding hydrogens is 339 g/mol. The average Bonchev–Trinajstić information content (AvgIpc) is 2.72. The van der Waals surface area contributed by atoms with Crippen LogP contribution < -0.4 is 0 Å². The molecule has 146 valence electrons. The normalized spacial score (nSPS) is 20.5. The van der Waals surface area contributed by atoms with Crippen molar-refractivity contribution >= 4 is 5.91 Å². The molecule has 1 amide bonds. The summed E-state index contributed by atoms with van der Waals surface area (Å²) in [4.78, 5) is 16.1. The Morgan fingerprint density at radius 2 is 2.00 bits per heavy atom. The number of carbonyl (C=O) groups excluding carboxylic acids is 1. The van der Waals surface area contributed by atoms with Crippen molar-refractivity contribution in [2.45, 2.75) is 32.7 Å². The molecule has 1 aromatic carbocycles. The van der Waals surface area contributed by atoms with E-state index in [0.717, 1.165) is 0 Å². The number of carbonyl (C=O) groups is 1. The zero-order chi connectivity index (χ0) is 19.1. The van der Waals surface area contributed by atoms with Crippen LogP contribution in [-0.4, -0.2) is 77.5 Å². The second kappa shape index (κ2) is 9.97. The Kier molecular flexibility index (Phi) is 7.96. The van der Waals surface area contributed by atoms with E-state index in [1.807, 2.05) is 13.8 Å². The maximum absolute atomic E-state index is 13.8. The van der Waals surface area contributed by atoms with Crippen LogP contribution in [0.5, 0.6) is 0 Å². The highest BCUT2D eigenvalue weighted by Crippen LogP contribution is 2.14. The molecule has 0 spiro atoms. The number of benzene rings is 1. The van der Waals surface area contributed by atoms with Crippen LogP contribution in [-0.2, 0) is 16.1 Å². The fraction of sp³-hybridized carbons (Fsp3) is 0.632. The highest BCUT2D eigenvalue weighted by molar-refractivity contribution is 5.78. The number of β-amino-alcohol motifs (C(OH)–C–C–N with tert-alkyl or cyclic N) is 1. The van der Waals surface area contributed by atoms with Gasteiger partial charge in [0.15, 0.2) is 0 Å². The lowest BCUT2D eigenvalue weighted by atomic mass is 10.2. The lowest BCUT2D eigenvalue weighted by Crippen LogP contribution is -2.41. The highest BCUT2D eigenvalue weighted by atomic mass is 19.1. The van der Waals surface area contributed by atoms with Crippen LogP contribution in [0.25, 0.3) is 0 Å². The Bertz CT molecular complexity index is 584. The first-order valence-electron chi connectivity index (χ1n) is 9.03. The van der Waals surface area contributed by atoms with Gasteiger partial charge in [0.25, 0.3) is 0 Å². The minimum Gasteiger partial charge on any atom is -0.394 e. The number of hydrogen-bond donors (Lipinski definition) is 2. The van der Waals surface area contributed by atoms with Crippen LogP contribution in [0.1, 0.15) is 19.4 Å². The molecule has 26 heavy (non-hydrogen) atoms. The summed E-state index contributed by atoms with van der Waals surface area (Å²) in [6.45, 7) is 5.69. The van der Waals surface area contributed by atoms with Crippen molar-refractivity contribution in [3.8, 4) is 0 Å². The van der Waals surface area contributed by atoms with Gasteiger partial charge in [0.2, 0.25) is 5.91 Å². The van der Waals surface area contributed by atoms with Crippen molar-refractivity contribution in [1.29, 1.82) is 0 Å². The standard InChI is InChI=1S/C19H29FN2O4/c1-14(2)7-22-10-17(26-13-15-5-3-4-6-18(15)20)9-21(11-19(22)25)8-16(24)12-23/h3-6,14,16-17,23-24H,7-13H2,1-2H3. The Morgan fingerprint density at radius 1 is 1.27 bits per heavy atom. The molecular formula is C19H29FN2O4. The largest absolute Gasteiger partial charge is 0.394 e. The molecule has 1 aliphatic rings. The number of halogens is 1. The summed E-state index contributed by atoms with van der Waals surface area (Å²) in [6, 6.07) is 6.46. The van der Waals surface area contributed by atoms with E-state index in [0.29, 0.717) is 31.1 Å². The van der Waals surface area contributed by atoms with Crippen LogP contribution in [0.4, 0.5) is 4.39 Å². The average molecular weight is 368 g/mol. The van der Waals surface area contributed by atoms with Gasteiger partial charge < -0.3 is 19.8 Å². The van der Waals surface area contributed by atoms with Gasteiger partial charge in [-0.3, -0.25) is 9.69 Å². The molecule has 1 saturated heterocycles. The van der Waals surface area contributed by atoms with E-state index in [9.17, 15) is 14.3 Å². The number of rotatable bonds is 8. The highest BCUT2D eigenvalue weighted by Gasteiger charge is 2.29. The van der Waals surface area contributed by atoms with Crippen molar-refractivity contribution in [2.75, 3.05) is 39.3 Å². The molecule has 1 fully saturated rings. The molecule has 7 heteroatoms. The summed E-state index contributed by atoms with van der Waals surface area (Å²) in [7, 11) is 0. The first-order valence-corrected chi connectivity index (χ1v) is 9.03. The zero-order valence-electron chi connectivity index (χ0n) is 15.5. The maximum Gasteiger partial charge on any atom is 0.236 e. The van der Waals surface area contributed by atoms with Gasteiger partial charge in [-0.15, -0.1) is 0 Å². The monoisotopic (exact) mass is 368 g/mol. The minimum atomic E-state index is -0.910. The third kappa shape index (κ3) is 6.32. The molecule has 2 N–H and O–H groups in total. The second-order valence-electron chi connectivity index (χ2n) is 7.25. The van der Waals surface area contributed by atoms with Crippen molar-refractivity contribution in [1.82, 2.24) is 9.80 Å². The fourth-order valence-corrected chi connectivity index (χ4v) is 3.09. The van der Waals surface area contributed by atoms with Gasteiger partial charge in [-0.2, -0.15) is 0 Å². The summed E-state index contributed by atoms with van der Waals surface area (Å²) < 4.78 is 19.7. The summed E-state index contributed by atoms with van der Waals surface area (Å²) in [5.74, 6) is -0.0228. The molecule has 0 aromatic heterocycles. The third-order valence-electron chi connectivity index (χ3n) is 4.30. The Hall–Kier alpha value is -1.54. The number of aliphatic hydroxyl groups excluding tert-OH is 2. The number of hydrogen-bond acceptors (Lipinski definition) is 5. The molecule has 0 aliphatic carbocycles. The van der Waals surface area contributed by atoms with Crippen LogP contribution in [0.15, 0.2) is 24.3 Å². The van der Waals surface area contributed by atoms with Gasteiger partial charge in [-0.25, -0.2) is 4.39 Å². The molecule has 6 nitrogen and oxygen atoms in total. The lowest BCUT2D eigenvalue weighted by Gasteiger charge is -2.26. The summed E-state index contributed by atoms with van der Waals surface area (Å²) in [6.07, 6.45) is -1.21. The van der Waals surface area contributed by atoms with E-state index in [2.05, 4.69) is 0 Å². The van der Waals surface area contributed by atoms with E-state index >= 15 is 0 Å². The van der Waals surface area contributed by atoms with Gasteiger partial charge in [-0.1, -0.05) is 32.0 Å². The summed E-state index contributed by atoms with van der Waals surface area (Å²) in [5.41, 5.74) is 0.473. The van der Waals surface area contributed by atoms with Gasteiger partial charge in [0, 0.05) is 31.7 Å². The third-order valence-corrected chi connectivity index (χ3v) is 4.30. The first kappa shape index (κ1) is 20.8. The Morgan fingerprint density at radius 3 is 2.65 bits per heavy atom. The Labute approximate surface area is 154 Å². The SMILES string of the molecule is CC(C)CN1CC(OCc2ccccc2F)CN(CC(O)CO)CC1=O. The molecule has 0 radical (unpaired) electrons. The second-order valence-corrected chi connectivity index (χ2v) is 7.25. The molecule has 2 unspecified atom stereocenters. The quantitative estimate of drug-likeness (QED) is 0.712. The van der Waals surface area contributed by atoms with E-state index in [1.165, 1.54) is 6.07 Å². The Balaban J connectivity index is 2.06. The van der Waals surface area contributed by atoms with Crippen LogP contribution >= 0.6 is 0 Å². The van der Waals surface area contributed by atoms with Gasteiger partial charge in [-0.05, 0) is 12.0 Å². The van der Waals surface area contributed by atoms with E-state index in [1.54, 1.807) is 28.0 Å². The first-order chi connectivity index (χ1) is 12.4. The number of ether oxygens (including phenoxy) is 1. The predicted molar refractivity (Wildman–Crippen MR) is 95.9 cm³/mol. The molecule has 1 heterocycles. The maximum atomic E-state index is 13.8. The number of nitrogens with zero attached hydrogens (tertiary/aromatic N) is 2. The smallest absolute Gasteiger partial charge is 0.236 e. The van der Waals surface area contributed by atoms with Gasteiger partial charge in [0.1, 0.15) is 5.82 Å². The lowest BCUT2D eigenvalue weighted by molar-refractivity contribution is -0.132. The van der Waals surface area contributed by atoms with E-state index < -0.39 is 6.10 Å². The molecule has 2 rings (SSSR count). The van der Waals surface area contributed by atoms with Crippen molar-refractivity contribution in [3.63, 3.8) is 0 Å². The number of amides is 1. The van der Waals surface area contributed by atoms with Crippen LogP contribution in [0.2, 0.25) is 0 Å². The zero-order valence-corrected chi connectivity index (χ0v) is 15.5. The molecule has 0 bridgehead atoms. The molecule has 2 atom stereocenters. The van der Waals surface area contributed by atoms with Gasteiger partial charge in [0.05, 0.1) is 32.0 Å². The van der Waals surface area contributed by atoms with Crippen molar-refractivity contribution in [3.05, 3.63) is 35.6 Å². The summed E-state index contributed by atoms with van der Waals surface area (Å²) >= 11 is 0. The van der Waals surface area contributed by atoms with E-state index in [-0.39, 0.29) is 44.1 Å². The predicted octanol–water partition coefficient (Wildman–Crippen LogP) is 0.864. The molecule has 1 aliphatic heterocycles. The molecule has 0 saturated carbocycles. The number of aliphatic hydroxyl groups is 2. The topological polar surface area (TPSA) is 73.2 Å². The van der Waals surface area contributed by atoms with Crippen LogP contribution in [0, 0.1) is 11.7 Å². The summed E-state index contributed by atoms with van der Waals surface area (Å²) in [5, 5.41) is 18.8. The van der Waals surface area contributed by atoms with Crippen molar-refractivity contribution < 1.29 is 24.1 Å². The minimum absolute atomic E-state index is 0.0270. The van der Waals surface area contributed by atoms with Crippen LogP contribution in [0.3, 0.4) is 0 Å². The van der Waals surface area contributed by atoms with Gasteiger partial charge >= 0.3 is 0 Å². The van der Waals surface area contributed by atoms with E-state index in [4.69, 9.17) is 9.84 Å². The van der Waals surface area contributed by atoms with Crippen molar-refractivity contribution in [2.24, 2.45) is 5.92 Å².